The largest absolute Gasteiger partial charge is 0.438 e. The van der Waals surface area contributed by atoms with Gasteiger partial charge in [-0.25, -0.2) is 0 Å². The van der Waals surface area contributed by atoms with Gasteiger partial charge in [0.25, 0.3) is 5.72 Å². The van der Waals surface area contributed by atoms with Crippen molar-refractivity contribution < 1.29 is 18.3 Å². The summed E-state index contributed by atoms with van der Waals surface area (Å²) in [4.78, 5) is 2.07. The zero-order chi connectivity index (χ0) is 16.9. The van der Waals surface area contributed by atoms with E-state index in [0.717, 1.165) is 21.2 Å². The molecule has 4 nitrogen and oxygen atoms in total. The summed E-state index contributed by atoms with van der Waals surface area (Å²) in [7, 11) is 0. The summed E-state index contributed by atoms with van der Waals surface area (Å²) >= 11 is 1.59. The van der Waals surface area contributed by atoms with Gasteiger partial charge in [0.1, 0.15) is 0 Å². The Morgan fingerprint density at radius 2 is 1.83 bits per heavy atom. The molecule has 24 heavy (non-hydrogen) atoms. The van der Waals surface area contributed by atoms with Gasteiger partial charge in [0.2, 0.25) is 0 Å². The molecule has 0 radical (unpaired) electrons. The third-order valence-corrected chi connectivity index (χ3v) is 5.11. The van der Waals surface area contributed by atoms with E-state index in [1.165, 1.54) is 0 Å². The fourth-order valence-electron chi connectivity index (χ4n) is 2.63. The van der Waals surface area contributed by atoms with Crippen molar-refractivity contribution in [1.29, 1.82) is 0 Å². The average molecular weight is 351 g/mol. The molecule has 1 atom stereocenters. The summed E-state index contributed by atoms with van der Waals surface area (Å²) in [5, 5.41) is 16.6. The SMILES string of the molecule is OC1(C(F)(F)F)CC(c2ccc3c(c2)Nc2ccccc2S3)=NN1. The van der Waals surface area contributed by atoms with Crippen LogP contribution in [-0.4, -0.2) is 22.7 Å². The third-order valence-electron chi connectivity index (χ3n) is 3.96. The van der Waals surface area contributed by atoms with E-state index in [0.29, 0.717) is 5.56 Å². The minimum Gasteiger partial charge on any atom is -0.362 e. The molecule has 2 aromatic carbocycles. The fraction of sp³-hybridized carbons (Fsp3) is 0.188. The molecule has 0 amide bonds. The van der Waals surface area contributed by atoms with Crippen LogP contribution in [0, 0.1) is 0 Å². The van der Waals surface area contributed by atoms with Gasteiger partial charge in [-0.05, 0) is 24.3 Å². The number of rotatable bonds is 1. The molecule has 0 aromatic heterocycles. The first-order valence-corrected chi connectivity index (χ1v) is 7.99. The number of nitrogens with one attached hydrogen (secondary N) is 2. The monoisotopic (exact) mass is 351 g/mol. The molecule has 1 unspecified atom stereocenters. The lowest BCUT2D eigenvalue weighted by molar-refractivity contribution is -0.266. The van der Waals surface area contributed by atoms with Crippen LogP contribution in [0.15, 0.2) is 57.4 Å². The summed E-state index contributed by atoms with van der Waals surface area (Å²) in [6.45, 7) is 0. The van der Waals surface area contributed by atoms with E-state index in [2.05, 4.69) is 10.4 Å². The Morgan fingerprint density at radius 1 is 1.08 bits per heavy atom. The highest BCUT2D eigenvalue weighted by Crippen LogP contribution is 2.44. The number of para-hydroxylation sites is 1. The lowest BCUT2D eigenvalue weighted by Gasteiger charge is -2.25. The first-order valence-electron chi connectivity index (χ1n) is 7.17. The molecule has 8 heteroatoms. The summed E-state index contributed by atoms with van der Waals surface area (Å²) in [6.07, 6.45) is -5.42. The molecule has 0 saturated heterocycles. The smallest absolute Gasteiger partial charge is 0.362 e. The maximum atomic E-state index is 12.9. The Bertz CT molecular complexity index is 853. The number of aliphatic hydroxyl groups is 1. The van der Waals surface area contributed by atoms with E-state index >= 15 is 0 Å². The Morgan fingerprint density at radius 3 is 2.58 bits per heavy atom. The lowest BCUT2D eigenvalue weighted by Crippen LogP contribution is -2.52. The predicted molar refractivity (Wildman–Crippen MR) is 85.6 cm³/mol. The van der Waals surface area contributed by atoms with Gasteiger partial charge in [-0.15, -0.1) is 0 Å². The number of halogens is 3. The van der Waals surface area contributed by atoms with Crippen LogP contribution in [0.3, 0.4) is 0 Å². The zero-order valence-corrected chi connectivity index (χ0v) is 13.0. The van der Waals surface area contributed by atoms with Gasteiger partial charge >= 0.3 is 6.18 Å². The second-order valence-electron chi connectivity index (χ2n) is 5.64. The summed E-state index contributed by atoms with van der Waals surface area (Å²) in [5.41, 5.74) is 1.27. The predicted octanol–water partition coefficient (Wildman–Crippen LogP) is 3.84. The van der Waals surface area contributed by atoms with Crippen LogP contribution >= 0.6 is 11.8 Å². The maximum Gasteiger partial charge on any atom is 0.438 e. The Balaban J connectivity index is 1.62. The average Bonchev–Trinajstić information content (AvgIpc) is 2.96. The molecule has 0 saturated carbocycles. The second-order valence-corrected chi connectivity index (χ2v) is 6.72. The molecule has 2 aliphatic rings. The highest BCUT2D eigenvalue weighted by molar-refractivity contribution is 7.99. The molecule has 2 aliphatic heterocycles. The number of hydrogen-bond donors (Lipinski definition) is 3. The Kier molecular flexibility index (Phi) is 3.29. The van der Waals surface area contributed by atoms with Gasteiger partial charge in [-0.3, -0.25) is 5.43 Å². The van der Waals surface area contributed by atoms with Gasteiger partial charge in [0.05, 0.1) is 23.5 Å². The van der Waals surface area contributed by atoms with Crippen molar-refractivity contribution in [2.75, 3.05) is 5.32 Å². The first kappa shape index (κ1) is 15.3. The van der Waals surface area contributed by atoms with Crippen LogP contribution < -0.4 is 10.7 Å². The maximum absolute atomic E-state index is 12.9. The van der Waals surface area contributed by atoms with Crippen molar-refractivity contribution in [2.45, 2.75) is 28.1 Å². The van der Waals surface area contributed by atoms with Crippen LogP contribution in [0.1, 0.15) is 12.0 Å². The number of benzene rings is 2. The molecular weight excluding hydrogens is 339 g/mol. The standard InChI is InChI=1S/C16H12F3N3OS/c17-16(18,19)15(23)8-12(21-22-15)9-5-6-14-11(7-9)20-10-3-1-2-4-13(10)24-14/h1-7,20,22-23H,8H2. The summed E-state index contributed by atoms with van der Waals surface area (Å²) in [6, 6.07) is 13.1. The topological polar surface area (TPSA) is 56.6 Å². The van der Waals surface area contributed by atoms with Crippen LogP contribution in [0.4, 0.5) is 24.5 Å². The number of anilines is 2. The normalized spacial score (nSPS) is 22.1. The highest BCUT2D eigenvalue weighted by atomic mass is 32.2. The number of hydrazone groups is 1. The molecule has 124 valence electrons. The summed E-state index contributed by atoms with van der Waals surface area (Å²) in [5.74, 6) is 0. The van der Waals surface area contributed by atoms with Crippen LogP contribution in [-0.2, 0) is 0 Å². The second kappa shape index (κ2) is 5.15. The minimum atomic E-state index is -4.79. The van der Waals surface area contributed by atoms with E-state index in [9.17, 15) is 18.3 Å². The lowest BCUT2D eigenvalue weighted by atomic mass is 10.0. The number of hydrogen-bond acceptors (Lipinski definition) is 5. The van der Waals surface area contributed by atoms with Crippen molar-refractivity contribution in [3.8, 4) is 0 Å². The van der Waals surface area contributed by atoms with Gasteiger partial charge in [0, 0.05) is 15.4 Å². The van der Waals surface area contributed by atoms with Crippen molar-refractivity contribution in [2.24, 2.45) is 5.10 Å². The molecule has 2 heterocycles. The number of nitrogens with zero attached hydrogens (tertiary/aromatic N) is 1. The van der Waals surface area contributed by atoms with E-state index < -0.39 is 18.3 Å². The van der Waals surface area contributed by atoms with E-state index in [-0.39, 0.29) is 5.71 Å². The minimum absolute atomic E-state index is 0.170. The molecule has 0 spiro atoms. The van der Waals surface area contributed by atoms with Crippen LogP contribution in [0.5, 0.6) is 0 Å². The molecule has 0 aliphatic carbocycles. The van der Waals surface area contributed by atoms with Gasteiger partial charge < -0.3 is 10.4 Å². The van der Waals surface area contributed by atoms with Gasteiger partial charge in [-0.2, -0.15) is 18.3 Å². The molecular formula is C16H12F3N3OS. The third kappa shape index (κ3) is 2.42. The van der Waals surface area contributed by atoms with Crippen molar-refractivity contribution in [3.63, 3.8) is 0 Å². The van der Waals surface area contributed by atoms with Crippen molar-refractivity contribution in [3.05, 3.63) is 48.0 Å². The quantitative estimate of drug-likeness (QED) is 0.623. The number of fused-ring (bicyclic) bond motifs is 2. The van der Waals surface area contributed by atoms with Crippen molar-refractivity contribution in [1.82, 2.24) is 5.43 Å². The molecule has 0 fully saturated rings. The Hall–Kier alpha value is -2.19. The van der Waals surface area contributed by atoms with Gasteiger partial charge in [-0.1, -0.05) is 30.0 Å². The van der Waals surface area contributed by atoms with Crippen LogP contribution in [0.25, 0.3) is 0 Å². The van der Waals surface area contributed by atoms with Gasteiger partial charge in [0.15, 0.2) is 0 Å². The zero-order valence-electron chi connectivity index (χ0n) is 12.2. The van der Waals surface area contributed by atoms with E-state index in [4.69, 9.17) is 0 Å². The summed E-state index contributed by atoms with van der Waals surface area (Å²) < 4.78 is 38.6. The molecule has 0 bridgehead atoms. The molecule has 2 aromatic rings. The molecule has 3 N–H and O–H groups in total. The van der Waals surface area contributed by atoms with E-state index in [1.54, 1.807) is 23.9 Å². The van der Waals surface area contributed by atoms with Crippen molar-refractivity contribution >= 4 is 28.8 Å². The van der Waals surface area contributed by atoms with E-state index in [1.807, 2.05) is 35.8 Å². The van der Waals surface area contributed by atoms with Crippen LogP contribution in [0.2, 0.25) is 0 Å². The molecule has 4 rings (SSSR count). The highest BCUT2D eigenvalue weighted by Gasteiger charge is 2.57. The Labute approximate surface area is 139 Å². The number of alkyl halides is 3. The first-order chi connectivity index (χ1) is 11.4. The fourth-order valence-corrected chi connectivity index (χ4v) is 3.60.